The average molecular weight is 299 g/mol. The van der Waals surface area contributed by atoms with Crippen molar-refractivity contribution in [3.05, 3.63) is 0 Å². The number of amides is 3. The van der Waals surface area contributed by atoms with E-state index < -0.39 is 17.5 Å². The highest BCUT2D eigenvalue weighted by Gasteiger charge is 2.39. The summed E-state index contributed by atoms with van der Waals surface area (Å²) < 4.78 is 0. The van der Waals surface area contributed by atoms with Crippen molar-refractivity contribution in [1.82, 2.24) is 10.6 Å². The maximum atomic E-state index is 11.9. The molecule has 7 heteroatoms. The first-order chi connectivity index (χ1) is 9.96. The summed E-state index contributed by atoms with van der Waals surface area (Å²) in [6.45, 7) is 0.398. The molecule has 0 unspecified atom stereocenters. The largest absolute Gasteiger partial charge is 0.480 e. The third kappa shape index (κ3) is 6.01. The van der Waals surface area contributed by atoms with Gasteiger partial charge in [-0.1, -0.05) is 25.7 Å². The Labute approximate surface area is 124 Å². The standard InChI is InChI=1S/C14H25N3O4/c15-11(18)7-3-6-10-16-13(21)17-14(12(19)20)8-4-1-2-5-9-14/h1-10H2,(H2,15,18)(H,19,20)(H2,16,17,21). The van der Waals surface area contributed by atoms with E-state index in [0.717, 1.165) is 25.7 Å². The first kappa shape index (κ1) is 17.3. The summed E-state index contributed by atoms with van der Waals surface area (Å²) in [6, 6.07) is -0.460. The van der Waals surface area contributed by atoms with Crippen molar-refractivity contribution in [3.63, 3.8) is 0 Å². The number of carbonyl (C=O) groups is 3. The van der Waals surface area contributed by atoms with Gasteiger partial charge in [-0.3, -0.25) is 4.79 Å². The second-order valence-electron chi connectivity index (χ2n) is 5.61. The smallest absolute Gasteiger partial charge is 0.329 e. The molecule has 0 bridgehead atoms. The monoisotopic (exact) mass is 299 g/mol. The summed E-state index contributed by atoms with van der Waals surface area (Å²) in [5, 5.41) is 14.7. The lowest BCUT2D eigenvalue weighted by atomic mass is 9.90. The van der Waals surface area contributed by atoms with E-state index in [1.165, 1.54) is 0 Å². The Kier molecular flexibility index (Phi) is 6.98. The van der Waals surface area contributed by atoms with Crippen molar-refractivity contribution >= 4 is 17.9 Å². The van der Waals surface area contributed by atoms with Crippen LogP contribution in [0, 0.1) is 0 Å². The molecule has 0 aliphatic heterocycles. The molecule has 0 aromatic rings. The van der Waals surface area contributed by atoms with Crippen molar-refractivity contribution in [2.75, 3.05) is 6.54 Å². The highest BCUT2D eigenvalue weighted by atomic mass is 16.4. The number of urea groups is 1. The molecule has 0 radical (unpaired) electrons. The molecule has 1 aliphatic rings. The van der Waals surface area contributed by atoms with Crippen LogP contribution in [0.25, 0.3) is 0 Å². The van der Waals surface area contributed by atoms with E-state index >= 15 is 0 Å². The van der Waals surface area contributed by atoms with Crippen LogP contribution in [0.15, 0.2) is 0 Å². The Bertz CT molecular complexity index is 376. The normalized spacial score (nSPS) is 17.5. The fourth-order valence-corrected chi connectivity index (χ4v) is 2.61. The lowest BCUT2D eigenvalue weighted by molar-refractivity contribution is -0.145. The zero-order valence-corrected chi connectivity index (χ0v) is 12.3. The Balaban J connectivity index is 2.38. The van der Waals surface area contributed by atoms with Gasteiger partial charge in [0.05, 0.1) is 0 Å². The first-order valence-corrected chi connectivity index (χ1v) is 7.54. The number of rotatable bonds is 7. The van der Waals surface area contributed by atoms with Gasteiger partial charge in [-0.05, 0) is 25.7 Å². The SMILES string of the molecule is NC(=O)CCCCNC(=O)NC1(C(=O)O)CCCCCC1. The van der Waals surface area contributed by atoms with E-state index in [0.29, 0.717) is 38.6 Å². The van der Waals surface area contributed by atoms with Gasteiger partial charge in [-0.2, -0.15) is 0 Å². The topological polar surface area (TPSA) is 122 Å². The minimum absolute atomic E-state index is 0.294. The number of unbranched alkanes of at least 4 members (excludes halogenated alkanes) is 1. The van der Waals surface area contributed by atoms with E-state index in [4.69, 9.17) is 5.73 Å². The molecule has 0 aromatic heterocycles. The lowest BCUT2D eigenvalue weighted by Gasteiger charge is -2.29. The summed E-state index contributed by atoms with van der Waals surface area (Å²) in [6.07, 6.45) is 6.11. The molecule has 3 amide bonds. The number of hydrogen-bond acceptors (Lipinski definition) is 3. The number of nitrogens with two attached hydrogens (primary N) is 1. The molecule has 120 valence electrons. The van der Waals surface area contributed by atoms with Gasteiger partial charge in [0.25, 0.3) is 0 Å². The van der Waals surface area contributed by atoms with E-state index in [2.05, 4.69) is 10.6 Å². The number of carboxylic acids is 1. The highest BCUT2D eigenvalue weighted by molar-refractivity contribution is 5.86. The first-order valence-electron chi connectivity index (χ1n) is 7.54. The number of nitrogens with one attached hydrogen (secondary N) is 2. The molecule has 0 saturated heterocycles. The van der Waals surface area contributed by atoms with Crippen LogP contribution in [0.5, 0.6) is 0 Å². The van der Waals surface area contributed by atoms with Crippen LogP contribution in [-0.4, -0.2) is 35.1 Å². The predicted octanol–water partition coefficient (Wildman–Crippen LogP) is 1.12. The molecule has 1 saturated carbocycles. The molecular weight excluding hydrogens is 274 g/mol. The predicted molar refractivity (Wildman–Crippen MR) is 77.6 cm³/mol. The summed E-state index contributed by atoms with van der Waals surface area (Å²) in [5.74, 6) is -1.32. The highest BCUT2D eigenvalue weighted by Crippen LogP contribution is 2.27. The Hall–Kier alpha value is -1.79. The molecule has 1 aliphatic carbocycles. The van der Waals surface area contributed by atoms with Crippen LogP contribution in [0.1, 0.15) is 57.8 Å². The molecule has 0 atom stereocenters. The number of carboxylic acid groups (broad SMARTS) is 1. The minimum atomic E-state index is -1.15. The van der Waals surface area contributed by atoms with E-state index in [9.17, 15) is 19.5 Å². The maximum Gasteiger partial charge on any atom is 0.329 e. The molecule has 7 nitrogen and oxygen atoms in total. The van der Waals surface area contributed by atoms with Crippen molar-refractivity contribution in [2.45, 2.75) is 63.3 Å². The molecule has 5 N–H and O–H groups in total. The van der Waals surface area contributed by atoms with Crippen molar-refractivity contribution in [1.29, 1.82) is 0 Å². The number of primary amides is 1. The van der Waals surface area contributed by atoms with E-state index in [-0.39, 0.29) is 5.91 Å². The number of carbonyl (C=O) groups excluding carboxylic acids is 2. The second kappa shape index (κ2) is 8.49. The van der Waals surface area contributed by atoms with Crippen LogP contribution in [-0.2, 0) is 9.59 Å². The van der Waals surface area contributed by atoms with Crippen LogP contribution in [0.4, 0.5) is 4.79 Å². The van der Waals surface area contributed by atoms with Gasteiger partial charge in [0.2, 0.25) is 5.91 Å². The third-order valence-corrected chi connectivity index (χ3v) is 3.85. The zero-order chi connectivity index (χ0) is 15.7. The third-order valence-electron chi connectivity index (χ3n) is 3.85. The summed E-state index contributed by atoms with van der Waals surface area (Å²) in [7, 11) is 0. The van der Waals surface area contributed by atoms with Crippen LogP contribution < -0.4 is 16.4 Å². The fourth-order valence-electron chi connectivity index (χ4n) is 2.61. The second-order valence-corrected chi connectivity index (χ2v) is 5.61. The summed E-state index contributed by atoms with van der Waals surface area (Å²) in [4.78, 5) is 33.9. The van der Waals surface area contributed by atoms with Crippen LogP contribution >= 0.6 is 0 Å². The fraction of sp³-hybridized carbons (Fsp3) is 0.786. The molecule has 21 heavy (non-hydrogen) atoms. The van der Waals surface area contributed by atoms with Gasteiger partial charge in [0, 0.05) is 13.0 Å². The Morgan fingerprint density at radius 3 is 2.19 bits per heavy atom. The molecular formula is C14H25N3O4. The minimum Gasteiger partial charge on any atom is -0.480 e. The lowest BCUT2D eigenvalue weighted by Crippen LogP contribution is -2.57. The summed E-state index contributed by atoms with van der Waals surface area (Å²) >= 11 is 0. The molecule has 0 heterocycles. The number of hydrogen-bond donors (Lipinski definition) is 4. The summed E-state index contributed by atoms with van der Waals surface area (Å²) in [5.41, 5.74) is 3.87. The van der Waals surface area contributed by atoms with Crippen molar-refractivity contribution in [3.8, 4) is 0 Å². The molecule has 1 rings (SSSR count). The van der Waals surface area contributed by atoms with E-state index in [1.54, 1.807) is 0 Å². The molecule has 0 spiro atoms. The average Bonchev–Trinajstić information content (AvgIpc) is 2.64. The van der Waals surface area contributed by atoms with Crippen molar-refractivity contribution < 1.29 is 19.5 Å². The zero-order valence-electron chi connectivity index (χ0n) is 12.3. The molecule has 1 fully saturated rings. The van der Waals surface area contributed by atoms with Gasteiger partial charge in [-0.25, -0.2) is 9.59 Å². The van der Waals surface area contributed by atoms with Crippen molar-refractivity contribution in [2.24, 2.45) is 5.73 Å². The Morgan fingerprint density at radius 1 is 1.05 bits per heavy atom. The van der Waals surface area contributed by atoms with E-state index in [1.807, 2.05) is 0 Å². The maximum absolute atomic E-state index is 11.9. The van der Waals surface area contributed by atoms with Gasteiger partial charge < -0.3 is 21.5 Å². The number of aliphatic carboxylic acids is 1. The Morgan fingerprint density at radius 2 is 1.67 bits per heavy atom. The van der Waals surface area contributed by atoms with Crippen LogP contribution in [0.2, 0.25) is 0 Å². The van der Waals surface area contributed by atoms with Gasteiger partial charge in [0.1, 0.15) is 5.54 Å². The van der Waals surface area contributed by atoms with Gasteiger partial charge >= 0.3 is 12.0 Å². The van der Waals surface area contributed by atoms with Gasteiger partial charge in [-0.15, -0.1) is 0 Å². The van der Waals surface area contributed by atoms with Gasteiger partial charge in [0.15, 0.2) is 0 Å². The van der Waals surface area contributed by atoms with Crippen LogP contribution in [0.3, 0.4) is 0 Å². The molecule has 0 aromatic carbocycles. The quantitative estimate of drug-likeness (QED) is 0.415.